The molecule has 0 radical (unpaired) electrons. The number of nitrogens with one attached hydrogen (secondary N) is 1. The number of aryl methyl sites for hydroxylation is 1. The first-order valence-electron chi connectivity index (χ1n) is 7.87. The summed E-state index contributed by atoms with van der Waals surface area (Å²) in [5.41, 5.74) is 0.383. The van der Waals surface area contributed by atoms with E-state index < -0.39 is 15.0 Å². The highest BCUT2D eigenvalue weighted by Gasteiger charge is 2.25. The molecule has 1 amide bonds. The highest BCUT2D eigenvalue weighted by Crippen LogP contribution is 2.25. The molecule has 26 heavy (non-hydrogen) atoms. The molecule has 0 heterocycles. The van der Waals surface area contributed by atoms with Gasteiger partial charge in [-0.2, -0.15) is 8.42 Å². The van der Waals surface area contributed by atoms with Crippen LogP contribution >= 0.6 is 0 Å². The standard InChI is InChI=1S/C17H16N2O6S/c1-11-2-7-14(19(21)22)10-16(11)26(23,24)25-15-8-3-12(4-9-15)17(20)18-13-5-6-13/h2-4,7-10,13H,5-6H2,1H3,(H,18,20). The lowest BCUT2D eigenvalue weighted by atomic mass is 10.2. The smallest absolute Gasteiger partial charge is 0.339 e. The van der Waals surface area contributed by atoms with Crippen LogP contribution in [0.15, 0.2) is 47.4 Å². The SMILES string of the molecule is Cc1ccc([N+](=O)[O-])cc1S(=O)(=O)Oc1ccc(C(=O)NC2CC2)cc1. The van der Waals surface area contributed by atoms with E-state index in [9.17, 15) is 23.3 Å². The van der Waals surface area contributed by atoms with Crippen LogP contribution in [0.2, 0.25) is 0 Å². The first kappa shape index (κ1) is 17.9. The summed E-state index contributed by atoms with van der Waals surface area (Å²) in [6.07, 6.45) is 1.93. The van der Waals surface area contributed by atoms with Crippen molar-refractivity contribution < 1.29 is 22.3 Å². The summed E-state index contributed by atoms with van der Waals surface area (Å²) in [6, 6.07) is 9.41. The molecule has 9 heteroatoms. The predicted octanol–water partition coefficient (Wildman–Crippen LogP) is 2.56. The highest BCUT2D eigenvalue weighted by molar-refractivity contribution is 7.87. The minimum absolute atomic E-state index is 0.0129. The Morgan fingerprint density at radius 2 is 1.85 bits per heavy atom. The Labute approximate surface area is 150 Å². The lowest BCUT2D eigenvalue weighted by Gasteiger charge is -2.10. The summed E-state index contributed by atoms with van der Waals surface area (Å²) in [5.74, 6) is -0.213. The van der Waals surface area contributed by atoms with Crippen molar-refractivity contribution in [2.45, 2.75) is 30.7 Å². The fraction of sp³-hybridized carbons (Fsp3) is 0.235. The first-order valence-corrected chi connectivity index (χ1v) is 9.27. The Kier molecular flexibility index (Phi) is 4.64. The fourth-order valence-corrected chi connectivity index (χ4v) is 3.48. The number of carbonyl (C=O) groups is 1. The maximum absolute atomic E-state index is 12.4. The second kappa shape index (κ2) is 6.75. The van der Waals surface area contributed by atoms with Gasteiger partial charge in [0.2, 0.25) is 0 Å². The largest absolute Gasteiger partial charge is 0.379 e. The number of nitro benzene ring substituents is 1. The van der Waals surface area contributed by atoms with Gasteiger partial charge in [-0.05, 0) is 49.6 Å². The zero-order valence-corrected chi connectivity index (χ0v) is 14.7. The normalized spacial score (nSPS) is 13.9. The van der Waals surface area contributed by atoms with Crippen molar-refractivity contribution in [1.29, 1.82) is 0 Å². The van der Waals surface area contributed by atoms with Gasteiger partial charge in [-0.25, -0.2) is 0 Å². The molecule has 0 unspecified atom stereocenters. The second-order valence-corrected chi connectivity index (χ2v) is 7.53. The van der Waals surface area contributed by atoms with E-state index in [2.05, 4.69) is 5.32 Å². The number of rotatable bonds is 6. The molecule has 0 saturated heterocycles. The van der Waals surface area contributed by atoms with Gasteiger partial charge in [-0.1, -0.05) is 6.07 Å². The number of nitro groups is 1. The zero-order valence-electron chi connectivity index (χ0n) is 13.8. The molecule has 0 atom stereocenters. The Morgan fingerprint density at radius 1 is 1.19 bits per heavy atom. The van der Waals surface area contributed by atoms with Crippen LogP contribution in [0.5, 0.6) is 5.75 Å². The first-order chi connectivity index (χ1) is 12.3. The molecule has 1 fully saturated rings. The molecule has 0 aromatic heterocycles. The number of hydrogen-bond acceptors (Lipinski definition) is 6. The molecule has 3 rings (SSSR count). The Bertz CT molecular complexity index is 965. The van der Waals surface area contributed by atoms with Crippen molar-refractivity contribution in [3.63, 3.8) is 0 Å². The predicted molar refractivity (Wildman–Crippen MR) is 92.6 cm³/mol. The van der Waals surface area contributed by atoms with E-state index in [0.717, 1.165) is 18.9 Å². The minimum Gasteiger partial charge on any atom is -0.379 e. The molecule has 0 bridgehead atoms. The molecular weight excluding hydrogens is 360 g/mol. The molecule has 2 aromatic rings. The molecule has 1 aliphatic rings. The molecule has 1 N–H and O–H groups in total. The van der Waals surface area contributed by atoms with E-state index in [1.807, 2.05) is 0 Å². The van der Waals surface area contributed by atoms with E-state index in [0.29, 0.717) is 11.1 Å². The van der Waals surface area contributed by atoms with Crippen LogP contribution < -0.4 is 9.50 Å². The van der Waals surface area contributed by atoms with Gasteiger partial charge < -0.3 is 9.50 Å². The van der Waals surface area contributed by atoms with Gasteiger partial charge in [-0.3, -0.25) is 14.9 Å². The third kappa shape index (κ3) is 3.99. The number of non-ortho nitro benzene ring substituents is 1. The van der Waals surface area contributed by atoms with E-state index in [1.165, 1.54) is 43.3 Å². The number of amides is 1. The Balaban J connectivity index is 1.80. The van der Waals surface area contributed by atoms with E-state index in [4.69, 9.17) is 4.18 Å². The molecule has 2 aromatic carbocycles. The summed E-state index contributed by atoms with van der Waals surface area (Å²) in [7, 11) is -4.25. The zero-order chi connectivity index (χ0) is 18.9. The van der Waals surface area contributed by atoms with Crippen molar-refractivity contribution in [3.8, 4) is 5.75 Å². The van der Waals surface area contributed by atoms with Crippen molar-refractivity contribution >= 4 is 21.7 Å². The van der Waals surface area contributed by atoms with E-state index in [1.54, 1.807) is 0 Å². The Morgan fingerprint density at radius 3 is 2.42 bits per heavy atom. The molecule has 136 valence electrons. The molecule has 1 aliphatic carbocycles. The number of nitrogens with zero attached hydrogens (tertiary/aromatic N) is 1. The monoisotopic (exact) mass is 376 g/mol. The average molecular weight is 376 g/mol. The van der Waals surface area contributed by atoms with E-state index >= 15 is 0 Å². The minimum atomic E-state index is -4.25. The van der Waals surface area contributed by atoms with Gasteiger partial charge in [0.1, 0.15) is 10.6 Å². The number of hydrogen-bond donors (Lipinski definition) is 1. The lowest BCUT2D eigenvalue weighted by molar-refractivity contribution is -0.385. The van der Waals surface area contributed by atoms with Crippen molar-refractivity contribution in [3.05, 3.63) is 63.7 Å². The van der Waals surface area contributed by atoms with Gasteiger partial charge in [0.15, 0.2) is 0 Å². The van der Waals surface area contributed by atoms with Crippen LogP contribution in [0.25, 0.3) is 0 Å². The summed E-state index contributed by atoms with van der Waals surface area (Å²) < 4.78 is 29.9. The summed E-state index contributed by atoms with van der Waals surface area (Å²) in [4.78, 5) is 21.8. The lowest BCUT2D eigenvalue weighted by Crippen LogP contribution is -2.25. The number of benzene rings is 2. The van der Waals surface area contributed by atoms with Crippen LogP contribution in [-0.4, -0.2) is 25.3 Å². The van der Waals surface area contributed by atoms with Crippen molar-refractivity contribution in [2.75, 3.05) is 0 Å². The van der Waals surface area contributed by atoms with Gasteiger partial charge in [0, 0.05) is 23.7 Å². The highest BCUT2D eigenvalue weighted by atomic mass is 32.2. The van der Waals surface area contributed by atoms with Gasteiger partial charge >= 0.3 is 10.1 Å². The maximum atomic E-state index is 12.4. The van der Waals surface area contributed by atoms with E-state index in [-0.39, 0.29) is 28.3 Å². The van der Waals surface area contributed by atoms with Crippen molar-refractivity contribution in [2.24, 2.45) is 0 Å². The summed E-state index contributed by atoms with van der Waals surface area (Å²) in [6.45, 7) is 1.52. The summed E-state index contributed by atoms with van der Waals surface area (Å²) >= 11 is 0. The van der Waals surface area contributed by atoms with Gasteiger partial charge in [0.05, 0.1) is 4.92 Å². The molecular formula is C17H16N2O6S. The van der Waals surface area contributed by atoms with Gasteiger partial charge in [-0.15, -0.1) is 0 Å². The van der Waals surface area contributed by atoms with Crippen LogP contribution in [0, 0.1) is 17.0 Å². The summed E-state index contributed by atoms with van der Waals surface area (Å²) in [5, 5.41) is 13.7. The fourth-order valence-electron chi connectivity index (χ4n) is 2.30. The average Bonchev–Trinajstić information content (AvgIpc) is 3.39. The van der Waals surface area contributed by atoms with Crippen LogP contribution in [0.4, 0.5) is 5.69 Å². The maximum Gasteiger partial charge on any atom is 0.339 e. The molecule has 8 nitrogen and oxygen atoms in total. The second-order valence-electron chi connectivity index (χ2n) is 6.02. The topological polar surface area (TPSA) is 116 Å². The molecule has 0 aliphatic heterocycles. The number of carbonyl (C=O) groups excluding carboxylic acids is 1. The third-order valence-corrected chi connectivity index (χ3v) is 5.28. The van der Waals surface area contributed by atoms with Crippen molar-refractivity contribution in [1.82, 2.24) is 5.32 Å². The quantitative estimate of drug-likeness (QED) is 0.471. The van der Waals surface area contributed by atoms with Crippen LogP contribution in [-0.2, 0) is 10.1 Å². The van der Waals surface area contributed by atoms with Crippen LogP contribution in [0.1, 0.15) is 28.8 Å². The Hall–Kier alpha value is -2.94. The molecule has 1 saturated carbocycles. The third-order valence-electron chi connectivity index (χ3n) is 3.89. The molecule has 0 spiro atoms. The van der Waals surface area contributed by atoms with Gasteiger partial charge in [0.25, 0.3) is 11.6 Å². The van der Waals surface area contributed by atoms with Crippen LogP contribution in [0.3, 0.4) is 0 Å².